The highest BCUT2D eigenvalue weighted by Gasteiger charge is 2.26. The Bertz CT molecular complexity index is 767. The molecular weight excluding hydrogens is 332 g/mol. The predicted molar refractivity (Wildman–Crippen MR) is 103 cm³/mol. The maximum Gasteiger partial charge on any atom is 0.222 e. The number of ether oxygens (including phenoxy) is 1. The first kappa shape index (κ1) is 19.7. The Morgan fingerprint density at radius 3 is 2.77 bits per heavy atom. The van der Waals surface area contributed by atoms with Gasteiger partial charge in [-0.1, -0.05) is 19.8 Å². The molecule has 8 heteroatoms. The molecule has 2 heterocycles. The number of unbranched alkanes of at least 4 members (excludes halogenated alkanes) is 1. The van der Waals surface area contributed by atoms with Crippen LogP contribution in [0.1, 0.15) is 47.0 Å². The van der Waals surface area contributed by atoms with Crippen LogP contribution in [0, 0.1) is 0 Å². The van der Waals surface area contributed by atoms with E-state index in [4.69, 9.17) is 10.5 Å². The Morgan fingerprint density at radius 1 is 1.35 bits per heavy atom. The molecule has 0 aliphatic heterocycles. The van der Waals surface area contributed by atoms with Crippen molar-refractivity contribution in [2.45, 2.75) is 52.5 Å². The van der Waals surface area contributed by atoms with Gasteiger partial charge in [0, 0.05) is 19.5 Å². The smallest absolute Gasteiger partial charge is 0.222 e. The van der Waals surface area contributed by atoms with Gasteiger partial charge in [-0.15, -0.1) is 0 Å². The Labute approximate surface area is 154 Å². The molecule has 1 amide bonds. The lowest BCUT2D eigenvalue weighted by molar-refractivity contribution is -0.119. The van der Waals surface area contributed by atoms with E-state index in [1.165, 1.54) is 6.92 Å². The standard InChI is InChI=1S/C18H28N6O2/c1-5-7-8-18(4,11-21-12(3)25)24-16-15-14(22-17(19)23-16)9-13(10-20-15)26-6-2/h9-10H,5-8,11H2,1-4H3,(H,21,25)(H3,19,22,23,24)/t18-/m1/s1. The minimum atomic E-state index is -0.379. The van der Waals surface area contributed by atoms with E-state index >= 15 is 0 Å². The average molecular weight is 360 g/mol. The fraction of sp³-hybridized carbons (Fsp3) is 0.556. The van der Waals surface area contributed by atoms with Gasteiger partial charge >= 0.3 is 0 Å². The van der Waals surface area contributed by atoms with E-state index < -0.39 is 0 Å². The molecule has 0 aromatic carbocycles. The largest absolute Gasteiger partial charge is 0.492 e. The fourth-order valence-corrected chi connectivity index (χ4v) is 2.72. The second-order valence-electron chi connectivity index (χ2n) is 6.60. The van der Waals surface area contributed by atoms with Crippen LogP contribution in [0.4, 0.5) is 11.8 Å². The molecule has 0 aliphatic rings. The molecule has 2 aromatic rings. The average Bonchev–Trinajstić information content (AvgIpc) is 2.58. The Balaban J connectivity index is 2.37. The zero-order chi connectivity index (χ0) is 19.2. The highest BCUT2D eigenvalue weighted by atomic mass is 16.5. The molecule has 0 saturated carbocycles. The number of nitrogen functional groups attached to an aromatic ring is 1. The van der Waals surface area contributed by atoms with E-state index in [0.29, 0.717) is 35.8 Å². The van der Waals surface area contributed by atoms with Gasteiger partial charge < -0.3 is 21.1 Å². The van der Waals surface area contributed by atoms with Gasteiger partial charge in [-0.2, -0.15) is 4.98 Å². The van der Waals surface area contributed by atoms with Crippen molar-refractivity contribution in [2.75, 3.05) is 24.2 Å². The number of anilines is 2. The molecule has 2 rings (SSSR count). The summed E-state index contributed by atoms with van der Waals surface area (Å²) >= 11 is 0. The summed E-state index contributed by atoms with van der Waals surface area (Å²) in [6.07, 6.45) is 4.59. The quantitative estimate of drug-likeness (QED) is 0.629. The van der Waals surface area contributed by atoms with Crippen molar-refractivity contribution in [3.05, 3.63) is 12.3 Å². The molecule has 0 unspecified atom stereocenters. The van der Waals surface area contributed by atoms with E-state index in [9.17, 15) is 4.79 Å². The third kappa shape index (κ3) is 5.18. The third-order valence-corrected chi connectivity index (χ3v) is 4.07. The van der Waals surface area contributed by atoms with Crippen LogP contribution < -0.4 is 21.1 Å². The van der Waals surface area contributed by atoms with Gasteiger partial charge in [0.2, 0.25) is 11.9 Å². The molecule has 0 fully saturated rings. The summed E-state index contributed by atoms with van der Waals surface area (Å²) < 4.78 is 5.48. The summed E-state index contributed by atoms with van der Waals surface area (Å²) in [6.45, 7) is 8.63. The number of pyridine rings is 1. The maximum absolute atomic E-state index is 11.4. The number of hydrogen-bond donors (Lipinski definition) is 3. The number of nitrogens with zero attached hydrogens (tertiary/aromatic N) is 3. The van der Waals surface area contributed by atoms with Crippen molar-refractivity contribution in [3.8, 4) is 5.75 Å². The first-order valence-electron chi connectivity index (χ1n) is 8.95. The predicted octanol–water partition coefficient (Wildman–Crippen LogP) is 2.50. The van der Waals surface area contributed by atoms with Gasteiger partial charge in [0.05, 0.1) is 18.3 Å². The molecule has 2 aromatic heterocycles. The van der Waals surface area contributed by atoms with Crippen molar-refractivity contribution in [1.82, 2.24) is 20.3 Å². The molecule has 0 spiro atoms. The Kier molecular flexibility index (Phi) is 6.54. The third-order valence-electron chi connectivity index (χ3n) is 4.07. The number of aromatic nitrogens is 3. The lowest BCUT2D eigenvalue weighted by Gasteiger charge is -2.32. The minimum absolute atomic E-state index is 0.0685. The van der Waals surface area contributed by atoms with Gasteiger partial charge in [-0.3, -0.25) is 4.79 Å². The summed E-state index contributed by atoms with van der Waals surface area (Å²) in [5.74, 6) is 1.28. The SMILES string of the molecule is CCCC[C@](C)(CNC(C)=O)Nc1nc(N)nc2cc(OCC)cnc12. The number of hydrogen-bond acceptors (Lipinski definition) is 7. The summed E-state index contributed by atoms with van der Waals surface area (Å²) in [7, 11) is 0. The minimum Gasteiger partial charge on any atom is -0.492 e. The van der Waals surface area contributed by atoms with E-state index in [1.807, 2.05) is 6.92 Å². The van der Waals surface area contributed by atoms with Crippen LogP contribution in [0.2, 0.25) is 0 Å². The molecule has 0 radical (unpaired) electrons. The molecular formula is C18H28N6O2. The van der Waals surface area contributed by atoms with E-state index in [2.05, 4.69) is 39.4 Å². The summed E-state index contributed by atoms with van der Waals surface area (Å²) in [5, 5.41) is 6.32. The molecule has 8 nitrogen and oxygen atoms in total. The number of carbonyl (C=O) groups excluding carboxylic acids is 1. The van der Waals surface area contributed by atoms with Crippen molar-refractivity contribution in [3.63, 3.8) is 0 Å². The van der Waals surface area contributed by atoms with Crippen molar-refractivity contribution < 1.29 is 9.53 Å². The van der Waals surface area contributed by atoms with Crippen LogP contribution in [0.15, 0.2) is 12.3 Å². The van der Waals surface area contributed by atoms with Crippen molar-refractivity contribution >= 4 is 28.7 Å². The number of rotatable bonds is 9. The Hall–Kier alpha value is -2.64. The second-order valence-corrected chi connectivity index (χ2v) is 6.60. The Morgan fingerprint density at radius 2 is 2.12 bits per heavy atom. The van der Waals surface area contributed by atoms with E-state index in [1.54, 1.807) is 12.3 Å². The van der Waals surface area contributed by atoms with Crippen LogP contribution >= 0.6 is 0 Å². The monoisotopic (exact) mass is 360 g/mol. The molecule has 0 bridgehead atoms. The van der Waals surface area contributed by atoms with Gasteiger partial charge in [-0.25, -0.2) is 9.97 Å². The summed E-state index contributed by atoms with van der Waals surface area (Å²) in [6, 6.07) is 1.80. The fourth-order valence-electron chi connectivity index (χ4n) is 2.72. The first-order chi connectivity index (χ1) is 12.4. The highest BCUT2D eigenvalue weighted by Crippen LogP contribution is 2.27. The number of carbonyl (C=O) groups is 1. The lowest BCUT2D eigenvalue weighted by atomic mass is 9.94. The van der Waals surface area contributed by atoms with Crippen molar-refractivity contribution in [1.29, 1.82) is 0 Å². The van der Waals surface area contributed by atoms with Crippen LogP contribution in [0.25, 0.3) is 11.0 Å². The molecule has 0 aliphatic carbocycles. The van der Waals surface area contributed by atoms with Crippen LogP contribution in [0.3, 0.4) is 0 Å². The zero-order valence-corrected chi connectivity index (χ0v) is 15.9. The van der Waals surface area contributed by atoms with E-state index in [0.717, 1.165) is 19.3 Å². The number of amides is 1. The molecule has 142 valence electrons. The van der Waals surface area contributed by atoms with Gasteiger partial charge in [0.1, 0.15) is 16.8 Å². The zero-order valence-electron chi connectivity index (χ0n) is 15.9. The maximum atomic E-state index is 11.4. The molecule has 4 N–H and O–H groups in total. The number of nitrogens with one attached hydrogen (secondary N) is 2. The molecule has 0 saturated heterocycles. The van der Waals surface area contributed by atoms with Crippen LogP contribution in [0.5, 0.6) is 5.75 Å². The highest BCUT2D eigenvalue weighted by molar-refractivity contribution is 5.87. The molecule has 1 atom stereocenters. The van der Waals surface area contributed by atoms with Gasteiger partial charge in [-0.05, 0) is 20.3 Å². The normalized spacial score (nSPS) is 13.2. The van der Waals surface area contributed by atoms with Crippen molar-refractivity contribution in [2.24, 2.45) is 0 Å². The summed E-state index contributed by atoms with van der Waals surface area (Å²) in [5.41, 5.74) is 6.74. The van der Waals surface area contributed by atoms with Gasteiger partial charge in [0.15, 0.2) is 5.82 Å². The number of fused-ring (bicyclic) bond motifs is 1. The van der Waals surface area contributed by atoms with Crippen LogP contribution in [-0.2, 0) is 4.79 Å². The second kappa shape index (κ2) is 8.64. The summed E-state index contributed by atoms with van der Waals surface area (Å²) in [4.78, 5) is 24.4. The van der Waals surface area contributed by atoms with Gasteiger partial charge in [0.25, 0.3) is 0 Å². The lowest BCUT2D eigenvalue weighted by Crippen LogP contribution is -2.46. The first-order valence-corrected chi connectivity index (χ1v) is 8.95. The topological polar surface area (TPSA) is 115 Å². The molecule has 26 heavy (non-hydrogen) atoms. The van der Waals surface area contributed by atoms with E-state index in [-0.39, 0.29) is 17.4 Å². The number of nitrogens with two attached hydrogens (primary N) is 1. The van der Waals surface area contributed by atoms with Crippen LogP contribution in [-0.4, -0.2) is 39.5 Å².